The van der Waals surface area contributed by atoms with Gasteiger partial charge in [0, 0.05) is 32.4 Å². The summed E-state index contributed by atoms with van der Waals surface area (Å²) >= 11 is 0. The van der Waals surface area contributed by atoms with Gasteiger partial charge in [0.25, 0.3) is 0 Å². The van der Waals surface area contributed by atoms with E-state index in [-0.39, 0.29) is 5.91 Å². The lowest BCUT2D eigenvalue weighted by molar-refractivity contribution is -0.138. The molecule has 5 nitrogen and oxygen atoms in total. The molecule has 1 saturated heterocycles. The third kappa shape index (κ3) is 3.02. The molecule has 0 spiro atoms. The minimum atomic E-state index is -0.606. The number of amides is 1. The molecule has 0 radical (unpaired) electrons. The Morgan fingerprint density at radius 1 is 1.10 bits per heavy atom. The molecule has 0 bridgehead atoms. The van der Waals surface area contributed by atoms with Crippen LogP contribution in [0.25, 0.3) is 0 Å². The Hall–Kier alpha value is -1.62. The number of pyridine rings is 1. The molecule has 0 atom stereocenters. The molecule has 1 aliphatic heterocycles. The average Bonchev–Trinajstić information content (AvgIpc) is 2.56. The predicted octanol–water partition coefficient (Wildman–Crippen LogP) is 1.39. The standard InChI is InChI=1S/C16H24N4O/c17-16(7-3-1-4-8-16)15(21)20-12-10-19(11-13-20)14-6-2-5-9-18-14/h2,5-6,9H,1,3-4,7-8,10-13,17H2. The summed E-state index contributed by atoms with van der Waals surface area (Å²) in [5, 5.41) is 0. The van der Waals surface area contributed by atoms with Gasteiger partial charge in [-0.1, -0.05) is 25.3 Å². The molecule has 1 aromatic rings. The van der Waals surface area contributed by atoms with Crippen LogP contribution in [0.3, 0.4) is 0 Å². The molecule has 1 aliphatic carbocycles. The van der Waals surface area contributed by atoms with E-state index in [0.29, 0.717) is 0 Å². The Morgan fingerprint density at radius 3 is 2.43 bits per heavy atom. The second-order valence-corrected chi connectivity index (χ2v) is 6.18. The summed E-state index contributed by atoms with van der Waals surface area (Å²) < 4.78 is 0. The van der Waals surface area contributed by atoms with E-state index in [1.54, 1.807) is 0 Å². The lowest BCUT2D eigenvalue weighted by atomic mass is 9.81. The number of hydrogen-bond acceptors (Lipinski definition) is 4. The summed E-state index contributed by atoms with van der Waals surface area (Å²) in [4.78, 5) is 21.2. The Bertz CT molecular complexity index is 476. The first-order valence-electron chi connectivity index (χ1n) is 7.93. The number of rotatable bonds is 2. The van der Waals surface area contributed by atoms with Gasteiger partial charge < -0.3 is 15.5 Å². The first-order chi connectivity index (χ1) is 10.2. The molecule has 2 heterocycles. The van der Waals surface area contributed by atoms with Crippen molar-refractivity contribution >= 4 is 11.7 Å². The van der Waals surface area contributed by atoms with E-state index in [2.05, 4.69) is 9.88 Å². The van der Waals surface area contributed by atoms with E-state index < -0.39 is 5.54 Å². The normalized spacial score (nSPS) is 22.1. The SMILES string of the molecule is NC1(C(=O)N2CCN(c3ccccn3)CC2)CCCCC1. The molecule has 2 aliphatic rings. The quantitative estimate of drug-likeness (QED) is 0.893. The second-order valence-electron chi connectivity index (χ2n) is 6.18. The average molecular weight is 288 g/mol. The topological polar surface area (TPSA) is 62.5 Å². The molecule has 1 saturated carbocycles. The summed E-state index contributed by atoms with van der Waals surface area (Å²) in [7, 11) is 0. The molecule has 1 amide bonds. The van der Waals surface area contributed by atoms with Crippen LogP contribution in [0.1, 0.15) is 32.1 Å². The maximum atomic E-state index is 12.7. The number of nitrogens with two attached hydrogens (primary N) is 1. The van der Waals surface area contributed by atoms with Crippen molar-refractivity contribution in [2.24, 2.45) is 5.73 Å². The number of hydrogen-bond donors (Lipinski definition) is 1. The fourth-order valence-electron chi connectivity index (χ4n) is 3.39. The number of carbonyl (C=O) groups excluding carboxylic acids is 1. The van der Waals surface area contributed by atoms with Gasteiger partial charge in [-0.25, -0.2) is 4.98 Å². The van der Waals surface area contributed by atoms with Gasteiger partial charge in [-0.15, -0.1) is 0 Å². The van der Waals surface area contributed by atoms with E-state index in [9.17, 15) is 4.79 Å². The van der Waals surface area contributed by atoms with Crippen molar-refractivity contribution in [1.82, 2.24) is 9.88 Å². The van der Waals surface area contributed by atoms with Crippen molar-refractivity contribution in [1.29, 1.82) is 0 Å². The van der Waals surface area contributed by atoms with E-state index in [4.69, 9.17) is 5.73 Å². The lowest BCUT2D eigenvalue weighted by Crippen LogP contribution is -2.60. The summed E-state index contributed by atoms with van der Waals surface area (Å²) in [6.45, 7) is 3.15. The zero-order valence-corrected chi connectivity index (χ0v) is 12.5. The Balaban J connectivity index is 1.59. The van der Waals surface area contributed by atoms with Crippen LogP contribution in [-0.2, 0) is 4.79 Å². The minimum Gasteiger partial charge on any atom is -0.353 e. The molecule has 0 aromatic carbocycles. The summed E-state index contributed by atoms with van der Waals surface area (Å²) in [6.07, 6.45) is 6.86. The zero-order valence-electron chi connectivity index (χ0n) is 12.5. The maximum Gasteiger partial charge on any atom is 0.242 e. The van der Waals surface area contributed by atoms with E-state index in [0.717, 1.165) is 57.7 Å². The first kappa shape index (κ1) is 14.3. The number of aromatic nitrogens is 1. The fourth-order valence-corrected chi connectivity index (χ4v) is 3.39. The highest BCUT2D eigenvalue weighted by molar-refractivity contribution is 5.86. The number of carbonyl (C=O) groups is 1. The third-order valence-corrected chi connectivity index (χ3v) is 4.71. The van der Waals surface area contributed by atoms with Gasteiger partial charge in [0.2, 0.25) is 5.91 Å². The molecule has 114 valence electrons. The predicted molar refractivity (Wildman–Crippen MR) is 83.0 cm³/mol. The molecule has 3 rings (SSSR count). The monoisotopic (exact) mass is 288 g/mol. The van der Waals surface area contributed by atoms with Crippen LogP contribution in [0.15, 0.2) is 24.4 Å². The molecular weight excluding hydrogens is 264 g/mol. The Labute approximate surface area is 126 Å². The van der Waals surface area contributed by atoms with Crippen molar-refractivity contribution < 1.29 is 4.79 Å². The summed E-state index contributed by atoms with van der Waals surface area (Å²) in [5.74, 6) is 1.15. The highest BCUT2D eigenvalue weighted by Crippen LogP contribution is 2.28. The van der Waals surface area contributed by atoms with Crippen LogP contribution in [0.2, 0.25) is 0 Å². The van der Waals surface area contributed by atoms with Gasteiger partial charge in [0.05, 0.1) is 5.54 Å². The minimum absolute atomic E-state index is 0.155. The number of anilines is 1. The molecular formula is C16H24N4O. The van der Waals surface area contributed by atoms with E-state index in [1.165, 1.54) is 6.42 Å². The van der Waals surface area contributed by atoms with Crippen molar-refractivity contribution in [2.75, 3.05) is 31.1 Å². The zero-order chi connectivity index (χ0) is 14.7. The number of nitrogens with zero attached hydrogens (tertiary/aromatic N) is 3. The highest BCUT2D eigenvalue weighted by atomic mass is 16.2. The maximum absolute atomic E-state index is 12.7. The van der Waals surface area contributed by atoms with Crippen molar-refractivity contribution in [3.63, 3.8) is 0 Å². The van der Waals surface area contributed by atoms with Crippen LogP contribution < -0.4 is 10.6 Å². The summed E-state index contributed by atoms with van der Waals surface area (Å²) in [6, 6.07) is 5.93. The number of piperazine rings is 1. The molecule has 2 fully saturated rings. The van der Waals surface area contributed by atoms with Gasteiger partial charge in [-0.3, -0.25) is 4.79 Å². The fraction of sp³-hybridized carbons (Fsp3) is 0.625. The molecule has 0 unspecified atom stereocenters. The van der Waals surface area contributed by atoms with Crippen molar-refractivity contribution in [2.45, 2.75) is 37.6 Å². The van der Waals surface area contributed by atoms with Gasteiger partial charge >= 0.3 is 0 Å². The van der Waals surface area contributed by atoms with E-state index >= 15 is 0 Å². The largest absolute Gasteiger partial charge is 0.353 e. The lowest BCUT2D eigenvalue weighted by Gasteiger charge is -2.41. The molecule has 1 aromatic heterocycles. The van der Waals surface area contributed by atoms with Gasteiger partial charge in [-0.05, 0) is 25.0 Å². The van der Waals surface area contributed by atoms with E-state index in [1.807, 2.05) is 29.3 Å². The van der Waals surface area contributed by atoms with Crippen LogP contribution in [0, 0.1) is 0 Å². The second kappa shape index (κ2) is 6.02. The highest BCUT2D eigenvalue weighted by Gasteiger charge is 2.39. The Morgan fingerprint density at radius 2 is 1.81 bits per heavy atom. The van der Waals surface area contributed by atoms with Crippen LogP contribution >= 0.6 is 0 Å². The van der Waals surface area contributed by atoms with Crippen LogP contribution in [0.5, 0.6) is 0 Å². The smallest absolute Gasteiger partial charge is 0.242 e. The third-order valence-electron chi connectivity index (χ3n) is 4.71. The van der Waals surface area contributed by atoms with Gasteiger partial charge in [0.15, 0.2) is 0 Å². The first-order valence-corrected chi connectivity index (χ1v) is 7.93. The summed E-state index contributed by atoms with van der Waals surface area (Å²) in [5.41, 5.74) is 5.76. The van der Waals surface area contributed by atoms with Crippen LogP contribution in [0.4, 0.5) is 5.82 Å². The van der Waals surface area contributed by atoms with Crippen LogP contribution in [-0.4, -0.2) is 47.5 Å². The Kier molecular flexibility index (Phi) is 4.10. The molecule has 21 heavy (non-hydrogen) atoms. The molecule has 5 heteroatoms. The van der Waals surface area contributed by atoms with Gasteiger partial charge in [-0.2, -0.15) is 0 Å². The van der Waals surface area contributed by atoms with Gasteiger partial charge in [0.1, 0.15) is 5.82 Å². The van der Waals surface area contributed by atoms with Crippen molar-refractivity contribution in [3.8, 4) is 0 Å². The van der Waals surface area contributed by atoms with Crippen molar-refractivity contribution in [3.05, 3.63) is 24.4 Å². The molecule has 2 N–H and O–H groups in total.